The number of nitrogens with two attached hydrogens (primary N) is 1. The first-order valence-electron chi connectivity index (χ1n) is 12.0. The maximum Gasteiger partial charge on any atom is 0.339 e. The number of anilines is 2. The largest absolute Gasteiger partial charge is 0.462 e. The summed E-state index contributed by atoms with van der Waals surface area (Å²) in [5, 5.41) is 0.722. The lowest BCUT2D eigenvalue weighted by Gasteiger charge is -2.47. The number of Topliss-reactive ketones (excluding diaryl/α,β-unsaturated/α-hetero) is 1. The number of ketones is 1. The molecule has 2 aliphatic heterocycles. The third-order valence-corrected chi connectivity index (χ3v) is 7.85. The number of ether oxygens (including phenoxy) is 1. The van der Waals surface area contributed by atoms with Gasteiger partial charge in [-0.15, -0.1) is 0 Å². The fourth-order valence-electron chi connectivity index (χ4n) is 5.91. The summed E-state index contributed by atoms with van der Waals surface area (Å²) < 4.78 is 5.46. The fourth-order valence-corrected chi connectivity index (χ4v) is 6.28. The summed E-state index contributed by atoms with van der Waals surface area (Å²) in [4.78, 5) is 45.2. The van der Waals surface area contributed by atoms with Crippen molar-refractivity contribution in [1.82, 2.24) is 0 Å². The molecule has 0 bridgehead atoms. The zero-order valence-corrected chi connectivity index (χ0v) is 22.5. The number of allylic oxidation sites excluding steroid dienone is 1. The molecule has 2 aromatic rings. The number of amides is 1. The number of carbonyl (C=O) groups excluding carboxylic acids is 3. The average molecular weight is 540 g/mol. The van der Waals surface area contributed by atoms with E-state index >= 15 is 0 Å². The molecule has 5 rings (SSSR count). The van der Waals surface area contributed by atoms with Crippen LogP contribution in [0.3, 0.4) is 0 Å². The number of benzene rings is 2. The first-order valence-corrected chi connectivity index (χ1v) is 12.8. The molecule has 2 heterocycles. The van der Waals surface area contributed by atoms with Crippen molar-refractivity contribution in [1.29, 1.82) is 0 Å². The molecule has 0 radical (unpaired) electrons. The number of para-hydroxylation sites is 1. The minimum absolute atomic E-state index is 0.0229. The fraction of sp³-hybridized carbons (Fsp3) is 0.321. The van der Waals surface area contributed by atoms with Crippen LogP contribution in [0.2, 0.25) is 10.0 Å². The molecular weight excluding hydrogens is 513 g/mol. The first kappa shape index (κ1) is 25.4. The SMILES string of the molecule is CCOC(=O)C1=C(N)N(c2cc(Cl)ccc2Cl)C2=C(C(=O)CC(C)(C)C2)C12C(=O)N(C)c1ccccc12. The lowest BCUT2D eigenvalue weighted by Crippen LogP contribution is -2.55. The Morgan fingerprint density at radius 1 is 1.08 bits per heavy atom. The van der Waals surface area contributed by atoms with Crippen LogP contribution in [-0.2, 0) is 24.5 Å². The van der Waals surface area contributed by atoms with Gasteiger partial charge in [0.1, 0.15) is 16.8 Å². The summed E-state index contributed by atoms with van der Waals surface area (Å²) in [6.45, 7) is 5.69. The van der Waals surface area contributed by atoms with Crippen molar-refractivity contribution in [2.24, 2.45) is 11.1 Å². The van der Waals surface area contributed by atoms with E-state index in [2.05, 4.69) is 0 Å². The van der Waals surface area contributed by atoms with Crippen LogP contribution in [0.1, 0.15) is 39.2 Å². The molecule has 0 aromatic heterocycles. The summed E-state index contributed by atoms with van der Waals surface area (Å²) in [6, 6.07) is 12.0. The van der Waals surface area contributed by atoms with Crippen molar-refractivity contribution in [2.75, 3.05) is 23.5 Å². The summed E-state index contributed by atoms with van der Waals surface area (Å²) in [5.41, 5.74) is 6.85. The van der Waals surface area contributed by atoms with Crippen LogP contribution in [-0.4, -0.2) is 31.3 Å². The molecule has 0 saturated carbocycles. The summed E-state index contributed by atoms with van der Waals surface area (Å²) in [7, 11) is 1.63. The monoisotopic (exact) mass is 539 g/mol. The second-order valence-electron chi connectivity index (χ2n) is 10.3. The predicted octanol–water partition coefficient (Wildman–Crippen LogP) is 5.10. The van der Waals surface area contributed by atoms with Gasteiger partial charge in [-0.3, -0.25) is 14.5 Å². The first-order chi connectivity index (χ1) is 17.5. The van der Waals surface area contributed by atoms with Crippen LogP contribution in [0.4, 0.5) is 11.4 Å². The zero-order chi connectivity index (χ0) is 26.9. The number of hydrogen-bond donors (Lipinski definition) is 1. The minimum atomic E-state index is -1.74. The van der Waals surface area contributed by atoms with Crippen LogP contribution < -0.4 is 15.5 Å². The predicted molar refractivity (Wildman–Crippen MR) is 143 cm³/mol. The van der Waals surface area contributed by atoms with Gasteiger partial charge in [0, 0.05) is 41.0 Å². The van der Waals surface area contributed by atoms with Gasteiger partial charge >= 0.3 is 5.97 Å². The number of rotatable bonds is 3. The topological polar surface area (TPSA) is 92.9 Å². The normalized spacial score (nSPS) is 22.5. The number of hydrogen-bond acceptors (Lipinski definition) is 6. The van der Waals surface area contributed by atoms with Gasteiger partial charge in [-0.1, -0.05) is 55.2 Å². The van der Waals surface area contributed by atoms with Crippen LogP contribution in [0.5, 0.6) is 0 Å². The molecule has 1 unspecified atom stereocenters. The molecule has 2 N–H and O–H groups in total. The Kier molecular flexibility index (Phi) is 5.92. The maximum atomic E-state index is 14.3. The van der Waals surface area contributed by atoms with E-state index in [4.69, 9.17) is 33.7 Å². The molecule has 37 heavy (non-hydrogen) atoms. The van der Waals surface area contributed by atoms with Gasteiger partial charge < -0.3 is 15.4 Å². The standard InChI is InChI=1S/C28H27Cl2N3O4/c1-5-37-25(35)23-24(31)33(19-12-15(29)10-11-17(19)30)20-13-27(2,3)14-21(34)22(20)28(23)16-8-6-7-9-18(16)32(4)26(28)36/h6-12H,5,13-14,31H2,1-4H3. The molecule has 1 amide bonds. The highest BCUT2D eigenvalue weighted by atomic mass is 35.5. The smallest absolute Gasteiger partial charge is 0.339 e. The molecule has 1 aliphatic carbocycles. The molecule has 0 fully saturated rings. The van der Waals surface area contributed by atoms with Crippen LogP contribution in [0.15, 0.2) is 65.1 Å². The van der Waals surface area contributed by atoms with E-state index in [1.54, 1.807) is 61.3 Å². The number of carbonyl (C=O) groups is 3. The molecule has 1 atom stereocenters. The third kappa shape index (κ3) is 3.51. The van der Waals surface area contributed by atoms with Crippen molar-refractivity contribution < 1.29 is 19.1 Å². The maximum absolute atomic E-state index is 14.3. The highest BCUT2D eigenvalue weighted by Gasteiger charge is 2.64. The Morgan fingerprint density at radius 2 is 1.78 bits per heavy atom. The van der Waals surface area contributed by atoms with Crippen molar-refractivity contribution >= 4 is 52.2 Å². The zero-order valence-electron chi connectivity index (χ0n) is 21.0. The average Bonchev–Trinajstić information content (AvgIpc) is 3.03. The third-order valence-electron chi connectivity index (χ3n) is 7.29. The van der Waals surface area contributed by atoms with E-state index in [-0.39, 0.29) is 35.8 Å². The van der Waals surface area contributed by atoms with E-state index in [1.165, 1.54) is 4.90 Å². The highest BCUT2D eigenvalue weighted by Crippen LogP contribution is 2.59. The molecule has 2 aromatic carbocycles. The summed E-state index contributed by atoms with van der Waals surface area (Å²) in [5.74, 6) is -1.46. The number of halogens is 2. The second kappa shape index (κ2) is 8.64. The second-order valence-corrected chi connectivity index (χ2v) is 11.1. The Morgan fingerprint density at radius 3 is 2.49 bits per heavy atom. The van der Waals surface area contributed by atoms with Gasteiger partial charge in [-0.05, 0) is 43.0 Å². The number of fused-ring (bicyclic) bond motifs is 3. The van der Waals surface area contributed by atoms with E-state index in [0.717, 1.165) is 0 Å². The molecular formula is C28H27Cl2N3O4. The molecule has 3 aliphatic rings. The van der Waals surface area contributed by atoms with Crippen LogP contribution >= 0.6 is 23.2 Å². The lowest BCUT2D eigenvalue weighted by molar-refractivity contribution is -0.140. The van der Waals surface area contributed by atoms with Gasteiger partial charge in [0.25, 0.3) is 0 Å². The van der Waals surface area contributed by atoms with Gasteiger partial charge in [-0.25, -0.2) is 4.79 Å². The number of likely N-dealkylation sites (N-methyl/N-ethyl adjacent to an activating group) is 1. The molecule has 0 saturated heterocycles. The Balaban J connectivity index is 1.96. The summed E-state index contributed by atoms with van der Waals surface area (Å²) in [6.07, 6.45) is 0.606. The van der Waals surface area contributed by atoms with Crippen LogP contribution in [0.25, 0.3) is 0 Å². The Bertz CT molecular complexity index is 1440. The van der Waals surface area contributed by atoms with Crippen molar-refractivity contribution in [3.8, 4) is 0 Å². The molecule has 7 nitrogen and oxygen atoms in total. The van der Waals surface area contributed by atoms with Gasteiger partial charge in [0.15, 0.2) is 5.78 Å². The quantitative estimate of drug-likeness (QED) is 0.545. The van der Waals surface area contributed by atoms with Crippen molar-refractivity contribution in [3.63, 3.8) is 0 Å². The summed E-state index contributed by atoms with van der Waals surface area (Å²) >= 11 is 13.0. The lowest BCUT2D eigenvalue weighted by atomic mass is 9.60. The number of esters is 1. The number of nitrogens with zero attached hydrogens (tertiary/aromatic N) is 2. The van der Waals surface area contributed by atoms with Crippen molar-refractivity contribution in [2.45, 2.75) is 39.0 Å². The van der Waals surface area contributed by atoms with E-state index in [9.17, 15) is 14.4 Å². The molecule has 9 heteroatoms. The van der Waals surface area contributed by atoms with Crippen LogP contribution in [0, 0.1) is 5.41 Å². The van der Waals surface area contributed by atoms with Gasteiger partial charge in [0.2, 0.25) is 5.91 Å². The molecule has 192 valence electrons. The van der Waals surface area contributed by atoms with E-state index < -0.39 is 22.7 Å². The Hall–Kier alpha value is -3.29. The van der Waals surface area contributed by atoms with Gasteiger partial charge in [0.05, 0.1) is 17.3 Å². The minimum Gasteiger partial charge on any atom is -0.462 e. The van der Waals surface area contributed by atoms with E-state index in [1.807, 2.05) is 13.8 Å². The highest BCUT2D eigenvalue weighted by molar-refractivity contribution is 6.35. The Labute approximate surface area is 225 Å². The van der Waals surface area contributed by atoms with E-state index in [0.29, 0.717) is 39.1 Å². The molecule has 1 spiro atoms. The van der Waals surface area contributed by atoms with Crippen molar-refractivity contribution in [3.05, 3.63) is 80.7 Å². The van der Waals surface area contributed by atoms with Gasteiger partial charge in [-0.2, -0.15) is 0 Å².